The Morgan fingerprint density at radius 1 is 1.04 bits per heavy atom. The average molecular weight is 335 g/mol. The van der Waals surface area contributed by atoms with Gasteiger partial charge in [0.1, 0.15) is 0 Å². The van der Waals surface area contributed by atoms with E-state index < -0.39 is 0 Å². The summed E-state index contributed by atoms with van der Waals surface area (Å²) in [6.45, 7) is 0. The van der Waals surface area contributed by atoms with Crippen molar-refractivity contribution in [2.75, 3.05) is 14.1 Å². The molecule has 1 atom stereocenters. The van der Waals surface area contributed by atoms with Gasteiger partial charge in [-0.3, -0.25) is 9.59 Å². The number of benzene rings is 2. The summed E-state index contributed by atoms with van der Waals surface area (Å²) in [7, 11) is 3.43. The summed E-state index contributed by atoms with van der Waals surface area (Å²) in [5, 5.41) is 3.88. The zero-order valence-corrected chi connectivity index (χ0v) is 14.3. The molecule has 1 unspecified atom stereocenters. The lowest BCUT2D eigenvalue weighted by atomic mass is 10.0. The third kappa shape index (κ3) is 3.71. The number of rotatable bonds is 5. The highest BCUT2D eigenvalue weighted by Gasteiger charge is 2.21. The number of aromatic amines is 1. The second kappa shape index (κ2) is 7.21. The second-order valence-electron chi connectivity index (χ2n) is 6.17. The van der Waals surface area contributed by atoms with E-state index in [1.54, 1.807) is 20.2 Å². The number of carbonyl (C=O) groups is 2. The van der Waals surface area contributed by atoms with Crippen molar-refractivity contribution in [1.29, 1.82) is 0 Å². The van der Waals surface area contributed by atoms with Crippen LogP contribution in [0.1, 0.15) is 28.4 Å². The number of hydrogen-bond donors (Lipinski definition) is 2. The van der Waals surface area contributed by atoms with Gasteiger partial charge < -0.3 is 15.2 Å². The number of nitrogens with one attached hydrogen (secondary N) is 2. The smallest absolute Gasteiger partial charge is 0.252 e. The van der Waals surface area contributed by atoms with E-state index in [0.29, 0.717) is 5.56 Å². The molecule has 0 aliphatic carbocycles. The first-order chi connectivity index (χ1) is 12.1. The van der Waals surface area contributed by atoms with E-state index in [-0.39, 0.29) is 24.3 Å². The third-order valence-electron chi connectivity index (χ3n) is 4.22. The first kappa shape index (κ1) is 16.8. The van der Waals surface area contributed by atoms with E-state index in [0.717, 1.165) is 16.5 Å². The summed E-state index contributed by atoms with van der Waals surface area (Å²) < 4.78 is 0. The Morgan fingerprint density at radius 3 is 2.52 bits per heavy atom. The predicted octanol–water partition coefficient (Wildman–Crippen LogP) is 3.12. The maximum Gasteiger partial charge on any atom is 0.252 e. The second-order valence-corrected chi connectivity index (χ2v) is 6.17. The summed E-state index contributed by atoms with van der Waals surface area (Å²) >= 11 is 0. The standard InChI is InChI=1S/C20H21N3O2/c1-23(2)19(24)13-18(14-7-4-3-5-8-14)22-20(25)16-9-6-10-17-15(16)11-12-21-17/h3-12,18,21H,13H2,1-2H3,(H,22,25). The van der Waals surface area contributed by atoms with Gasteiger partial charge in [-0.1, -0.05) is 36.4 Å². The van der Waals surface area contributed by atoms with Crippen molar-refractivity contribution in [3.05, 3.63) is 71.9 Å². The molecule has 0 radical (unpaired) electrons. The maximum absolute atomic E-state index is 12.8. The number of H-pyrrole nitrogens is 1. The number of fused-ring (bicyclic) bond motifs is 1. The van der Waals surface area contributed by atoms with Gasteiger partial charge in [-0.2, -0.15) is 0 Å². The van der Waals surface area contributed by atoms with Gasteiger partial charge in [0.05, 0.1) is 12.5 Å². The molecule has 1 heterocycles. The SMILES string of the molecule is CN(C)C(=O)CC(NC(=O)c1cccc2[nH]ccc12)c1ccccc1. The predicted molar refractivity (Wildman–Crippen MR) is 98.3 cm³/mol. The highest BCUT2D eigenvalue weighted by molar-refractivity contribution is 6.06. The van der Waals surface area contributed by atoms with E-state index in [1.807, 2.05) is 54.7 Å². The molecule has 2 N–H and O–H groups in total. The number of carbonyl (C=O) groups excluding carboxylic acids is 2. The minimum Gasteiger partial charge on any atom is -0.361 e. The molecular formula is C20H21N3O2. The van der Waals surface area contributed by atoms with Gasteiger partial charge in [-0.15, -0.1) is 0 Å². The van der Waals surface area contributed by atoms with Crippen LogP contribution in [0.2, 0.25) is 0 Å². The van der Waals surface area contributed by atoms with E-state index in [1.165, 1.54) is 4.90 Å². The van der Waals surface area contributed by atoms with E-state index in [9.17, 15) is 9.59 Å². The van der Waals surface area contributed by atoms with Gasteiger partial charge in [-0.25, -0.2) is 0 Å². The molecule has 5 heteroatoms. The van der Waals surface area contributed by atoms with Crippen molar-refractivity contribution in [1.82, 2.24) is 15.2 Å². The van der Waals surface area contributed by atoms with Crippen molar-refractivity contribution in [3.63, 3.8) is 0 Å². The van der Waals surface area contributed by atoms with E-state index >= 15 is 0 Å². The molecule has 0 fully saturated rings. The van der Waals surface area contributed by atoms with Crippen molar-refractivity contribution < 1.29 is 9.59 Å². The average Bonchev–Trinajstić information content (AvgIpc) is 3.10. The van der Waals surface area contributed by atoms with Crippen molar-refractivity contribution >= 4 is 22.7 Å². The Labute approximate surface area is 146 Å². The van der Waals surface area contributed by atoms with Crippen LogP contribution in [0.5, 0.6) is 0 Å². The van der Waals surface area contributed by atoms with Gasteiger partial charge in [0, 0.05) is 36.8 Å². The van der Waals surface area contributed by atoms with Crippen LogP contribution in [0.25, 0.3) is 10.9 Å². The van der Waals surface area contributed by atoms with Crippen LogP contribution in [-0.2, 0) is 4.79 Å². The zero-order chi connectivity index (χ0) is 17.8. The molecule has 128 valence electrons. The number of hydrogen-bond acceptors (Lipinski definition) is 2. The lowest BCUT2D eigenvalue weighted by molar-refractivity contribution is -0.129. The van der Waals surface area contributed by atoms with Crippen molar-refractivity contribution in [3.8, 4) is 0 Å². The van der Waals surface area contributed by atoms with Crippen LogP contribution in [0.4, 0.5) is 0 Å². The molecule has 25 heavy (non-hydrogen) atoms. The summed E-state index contributed by atoms with van der Waals surface area (Å²) in [5.74, 6) is -0.223. The molecule has 0 saturated heterocycles. The molecule has 0 aliphatic heterocycles. The summed E-state index contributed by atoms with van der Waals surface area (Å²) in [5.41, 5.74) is 2.41. The Hall–Kier alpha value is -3.08. The number of amides is 2. The Balaban J connectivity index is 1.88. The van der Waals surface area contributed by atoms with Crippen LogP contribution in [0.3, 0.4) is 0 Å². The third-order valence-corrected chi connectivity index (χ3v) is 4.22. The van der Waals surface area contributed by atoms with Crippen LogP contribution >= 0.6 is 0 Å². The summed E-state index contributed by atoms with van der Waals surface area (Å²) in [4.78, 5) is 29.7. The molecule has 3 aromatic rings. The molecular weight excluding hydrogens is 314 g/mol. The molecule has 3 rings (SSSR count). The normalized spacial score (nSPS) is 11.9. The molecule has 0 spiro atoms. The van der Waals surface area contributed by atoms with Crippen LogP contribution < -0.4 is 5.32 Å². The fraction of sp³-hybridized carbons (Fsp3) is 0.200. The summed E-state index contributed by atoms with van der Waals surface area (Å²) in [6.07, 6.45) is 2.03. The zero-order valence-electron chi connectivity index (χ0n) is 14.3. The van der Waals surface area contributed by atoms with Crippen LogP contribution in [-0.4, -0.2) is 35.8 Å². The fourth-order valence-corrected chi connectivity index (χ4v) is 2.81. The number of nitrogens with zero attached hydrogens (tertiary/aromatic N) is 1. The van der Waals surface area contributed by atoms with Gasteiger partial charge in [0.2, 0.25) is 5.91 Å². The lowest BCUT2D eigenvalue weighted by Gasteiger charge is -2.21. The largest absolute Gasteiger partial charge is 0.361 e. The molecule has 2 amide bonds. The monoisotopic (exact) mass is 335 g/mol. The van der Waals surface area contributed by atoms with Crippen molar-refractivity contribution in [2.45, 2.75) is 12.5 Å². The maximum atomic E-state index is 12.8. The van der Waals surface area contributed by atoms with Crippen LogP contribution in [0.15, 0.2) is 60.8 Å². The Morgan fingerprint density at radius 2 is 1.80 bits per heavy atom. The molecule has 1 aromatic heterocycles. The van der Waals surface area contributed by atoms with Crippen molar-refractivity contribution in [2.24, 2.45) is 0 Å². The molecule has 0 aliphatic rings. The minimum atomic E-state index is -0.377. The van der Waals surface area contributed by atoms with Gasteiger partial charge in [0.25, 0.3) is 5.91 Å². The summed E-state index contributed by atoms with van der Waals surface area (Å²) in [6, 6.07) is 16.6. The van der Waals surface area contributed by atoms with Crippen LogP contribution in [0, 0.1) is 0 Å². The minimum absolute atomic E-state index is 0.0333. The van der Waals surface area contributed by atoms with Gasteiger partial charge >= 0.3 is 0 Å². The van der Waals surface area contributed by atoms with Gasteiger partial charge in [0.15, 0.2) is 0 Å². The lowest BCUT2D eigenvalue weighted by Crippen LogP contribution is -2.33. The molecule has 0 saturated carbocycles. The Bertz CT molecular complexity index is 884. The van der Waals surface area contributed by atoms with E-state index in [4.69, 9.17) is 0 Å². The first-order valence-electron chi connectivity index (χ1n) is 8.18. The Kier molecular flexibility index (Phi) is 4.84. The quantitative estimate of drug-likeness (QED) is 0.752. The fourth-order valence-electron chi connectivity index (χ4n) is 2.81. The van der Waals surface area contributed by atoms with E-state index in [2.05, 4.69) is 10.3 Å². The topological polar surface area (TPSA) is 65.2 Å². The highest BCUT2D eigenvalue weighted by Crippen LogP contribution is 2.21. The number of aromatic nitrogens is 1. The molecule has 0 bridgehead atoms. The molecule has 5 nitrogen and oxygen atoms in total. The highest BCUT2D eigenvalue weighted by atomic mass is 16.2. The first-order valence-corrected chi connectivity index (χ1v) is 8.18. The molecule has 2 aromatic carbocycles. The van der Waals surface area contributed by atoms with Gasteiger partial charge in [-0.05, 0) is 23.8 Å².